The fourth-order valence-corrected chi connectivity index (χ4v) is 4.28. The Hall–Kier alpha value is -3.13. The fraction of sp³-hybridized carbons (Fsp3) is 0.190. The molecule has 4 rings (SSSR count). The molecule has 0 atom stereocenters. The summed E-state index contributed by atoms with van der Waals surface area (Å²) in [5.74, 6) is -0.0191. The molecule has 1 aromatic heterocycles. The molecule has 0 bridgehead atoms. The Morgan fingerprint density at radius 1 is 0.828 bits per heavy atom. The molecule has 0 aliphatic heterocycles. The average Bonchev–Trinajstić information content (AvgIpc) is 2.69. The molecule has 3 aromatic rings. The van der Waals surface area contributed by atoms with Gasteiger partial charge in [0.15, 0.2) is 11.2 Å². The number of hydrogen-bond acceptors (Lipinski definition) is 7. The highest BCUT2D eigenvalue weighted by atomic mass is 79.9. The highest BCUT2D eigenvalue weighted by molar-refractivity contribution is 9.10. The van der Waals surface area contributed by atoms with Crippen molar-refractivity contribution in [2.45, 2.75) is 6.92 Å². The predicted molar refractivity (Wildman–Crippen MR) is 108 cm³/mol. The maximum atomic E-state index is 13.5. The molecule has 0 saturated carbocycles. The summed E-state index contributed by atoms with van der Waals surface area (Å²) in [6.07, 6.45) is 0. The number of ether oxygens (including phenoxy) is 3. The van der Waals surface area contributed by atoms with Crippen LogP contribution in [0.2, 0.25) is 0 Å². The number of rotatable bonds is 3. The quantitative estimate of drug-likeness (QED) is 0.462. The van der Waals surface area contributed by atoms with Crippen LogP contribution in [0.4, 0.5) is 0 Å². The van der Waals surface area contributed by atoms with Gasteiger partial charge in [-0.3, -0.25) is 14.4 Å². The highest BCUT2D eigenvalue weighted by Gasteiger charge is 2.38. The summed E-state index contributed by atoms with van der Waals surface area (Å²) < 4.78 is 22.1. The molecule has 0 unspecified atom stereocenters. The second-order valence-electron chi connectivity index (χ2n) is 6.43. The van der Waals surface area contributed by atoms with E-state index in [1.807, 2.05) is 0 Å². The van der Waals surface area contributed by atoms with E-state index < -0.39 is 11.6 Å². The zero-order chi connectivity index (χ0) is 21.0. The Kier molecular flexibility index (Phi) is 4.46. The molecular weight excluding hydrogens is 444 g/mol. The van der Waals surface area contributed by atoms with E-state index in [1.54, 1.807) is 6.92 Å². The van der Waals surface area contributed by atoms with Crippen molar-refractivity contribution in [3.8, 4) is 17.2 Å². The monoisotopic (exact) mass is 458 g/mol. The number of carbonyl (C=O) groups excluding carboxylic acids is 2. The number of hydrogen-bond donors (Lipinski definition) is 0. The van der Waals surface area contributed by atoms with Crippen molar-refractivity contribution in [1.82, 2.24) is 0 Å². The van der Waals surface area contributed by atoms with Crippen LogP contribution in [-0.2, 0) is 0 Å². The van der Waals surface area contributed by atoms with Gasteiger partial charge in [0.25, 0.3) is 0 Å². The average molecular weight is 459 g/mol. The van der Waals surface area contributed by atoms with Gasteiger partial charge in [-0.25, -0.2) is 0 Å². The van der Waals surface area contributed by atoms with E-state index in [4.69, 9.17) is 18.6 Å². The number of methoxy groups -OCH3 is 3. The van der Waals surface area contributed by atoms with Gasteiger partial charge >= 0.3 is 0 Å². The van der Waals surface area contributed by atoms with Gasteiger partial charge in [0.1, 0.15) is 38.5 Å². The van der Waals surface area contributed by atoms with Gasteiger partial charge in [-0.2, -0.15) is 0 Å². The van der Waals surface area contributed by atoms with Gasteiger partial charge in [-0.1, -0.05) is 0 Å². The van der Waals surface area contributed by atoms with Crippen LogP contribution in [0.5, 0.6) is 17.2 Å². The molecule has 7 nitrogen and oxygen atoms in total. The Labute approximate surface area is 173 Å². The molecule has 0 fully saturated rings. The minimum Gasteiger partial charge on any atom is -0.495 e. The Morgan fingerprint density at radius 3 is 2.07 bits per heavy atom. The summed E-state index contributed by atoms with van der Waals surface area (Å²) in [4.78, 5) is 39.4. The van der Waals surface area contributed by atoms with E-state index in [-0.39, 0.29) is 50.2 Å². The van der Waals surface area contributed by atoms with Crippen molar-refractivity contribution in [2.24, 2.45) is 0 Å². The number of aryl methyl sites for hydroxylation is 1. The van der Waals surface area contributed by atoms with Crippen LogP contribution in [0.3, 0.4) is 0 Å². The molecular formula is C21H15BrO7. The Morgan fingerprint density at radius 2 is 1.45 bits per heavy atom. The highest BCUT2D eigenvalue weighted by Crippen LogP contribution is 2.46. The maximum Gasteiger partial charge on any atom is 0.202 e. The minimum absolute atomic E-state index is 0.00372. The van der Waals surface area contributed by atoms with Crippen molar-refractivity contribution in [1.29, 1.82) is 0 Å². The molecule has 29 heavy (non-hydrogen) atoms. The molecule has 0 saturated heterocycles. The van der Waals surface area contributed by atoms with Crippen molar-refractivity contribution in [3.63, 3.8) is 0 Å². The van der Waals surface area contributed by atoms with Crippen molar-refractivity contribution < 1.29 is 28.2 Å². The van der Waals surface area contributed by atoms with Crippen molar-refractivity contribution >= 4 is 38.5 Å². The summed E-state index contributed by atoms with van der Waals surface area (Å²) in [5.41, 5.74) is 0.113. The van der Waals surface area contributed by atoms with Gasteiger partial charge in [-0.15, -0.1) is 0 Å². The lowest BCUT2D eigenvalue weighted by atomic mass is 9.82. The first-order valence-corrected chi connectivity index (χ1v) is 9.32. The zero-order valence-electron chi connectivity index (χ0n) is 16.0. The second-order valence-corrected chi connectivity index (χ2v) is 7.23. The maximum absolute atomic E-state index is 13.5. The zero-order valence-corrected chi connectivity index (χ0v) is 17.6. The number of halogens is 1. The van der Waals surface area contributed by atoms with Crippen LogP contribution in [0.25, 0.3) is 11.0 Å². The lowest BCUT2D eigenvalue weighted by Crippen LogP contribution is -2.24. The lowest BCUT2D eigenvalue weighted by Gasteiger charge is -2.23. The minimum atomic E-state index is -0.492. The SMILES string of the molecule is COc1cc2c(c(OC)c1Br)C(=O)c1c(cc3oc(C)cc(=O)c3c1OC)C2=O. The third-order valence-electron chi connectivity index (χ3n) is 4.86. The first-order chi connectivity index (χ1) is 13.8. The van der Waals surface area contributed by atoms with Crippen LogP contribution in [0.1, 0.15) is 37.6 Å². The summed E-state index contributed by atoms with van der Waals surface area (Å²) in [6.45, 7) is 1.63. The van der Waals surface area contributed by atoms with Gasteiger partial charge in [0, 0.05) is 17.2 Å². The molecule has 2 aromatic carbocycles. The summed E-state index contributed by atoms with van der Waals surface area (Å²) in [7, 11) is 4.17. The summed E-state index contributed by atoms with van der Waals surface area (Å²) in [5, 5.41) is 0.105. The van der Waals surface area contributed by atoms with Crippen molar-refractivity contribution in [2.75, 3.05) is 21.3 Å². The van der Waals surface area contributed by atoms with Crippen LogP contribution in [0.15, 0.2) is 31.9 Å². The van der Waals surface area contributed by atoms with E-state index in [1.165, 1.54) is 39.5 Å². The van der Waals surface area contributed by atoms with Gasteiger partial charge in [-0.05, 0) is 35.0 Å². The fourth-order valence-electron chi connectivity index (χ4n) is 3.64. The topological polar surface area (TPSA) is 92.0 Å². The number of carbonyl (C=O) groups is 2. The molecule has 148 valence electrons. The van der Waals surface area contributed by atoms with Crippen LogP contribution in [0, 0.1) is 6.92 Å². The van der Waals surface area contributed by atoms with E-state index in [9.17, 15) is 14.4 Å². The molecule has 0 spiro atoms. The third-order valence-corrected chi connectivity index (χ3v) is 5.61. The first-order valence-electron chi connectivity index (χ1n) is 8.53. The number of fused-ring (bicyclic) bond motifs is 3. The Balaban J connectivity index is 2.16. The van der Waals surface area contributed by atoms with E-state index in [0.717, 1.165) is 0 Å². The smallest absolute Gasteiger partial charge is 0.202 e. The molecule has 0 amide bonds. The normalized spacial score (nSPS) is 12.6. The first kappa shape index (κ1) is 19.2. The predicted octanol–water partition coefficient (Wildman–Crippen LogP) is 3.67. The molecule has 1 heterocycles. The van der Waals surface area contributed by atoms with Gasteiger partial charge < -0.3 is 18.6 Å². The molecule has 8 heteroatoms. The van der Waals surface area contributed by atoms with Crippen LogP contribution < -0.4 is 19.6 Å². The summed E-state index contributed by atoms with van der Waals surface area (Å²) in [6, 6.07) is 4.20. The van der Waals surface area contributed by atoms with Gasteiger partial charge in [0.2, 0.25) is 5.78 Å². The standard InChI is InChI=1S/C21H15BrO7/c1-8-5-11(23)16-12(29-8)6-9-14(20(16)27-3)19(25)15-10(18(9)24)7-13(26-2)17(22)21(15)28-4/h5-7H,1-4H3. The molecule has 1 aliphatic rings. The number of ketones is 2. The lowest BCUT2D eigenvalue weighted by molar-refractivity contribution is 0.0973. The van der Waals surface area contributed by atoms with Crippen molar-refractivity contribution in [3.05, 3.63) is 60.9 Å². The Bertz CT molecular complexity index is 1290. The van der Waals surface area contributed by atoms with E-state index in [0.29, 0.717) is 16.0 Å². The molecule has 0 radical (unpaired) electrons. The van der Waals surface area contributed by atoms with E-state index in [2.05, 4.69) is 15.9 Å². The molecule has 1 aliphatic carbocycles. The number of benzene rings is 2. The molecule has 0 N–H and O–H groups in total. The third kappa shape index (κ3) is 2.59. The van der Waals surface area contributed by atoms with Crippen LogP contribution in [-0.4, -0.2) is 32.9 Å². The largest absolute Gasteiger partial charge is 0.495 e. The van der Waals surface area contributed by atoms with Gasteiger partial charge in [0.05, 0.1) is 32.5 Å². The van der Waals surface area contributed by atoms with Crippen LogP contribution >= 0.6 is 15.9 Å². The summed E-state index contributed by atoms with van der Waals surface area (Å²) >= 11 is 3.35. The second kappa shape index (κ2) is 6.73. The van der Waals surface area contributed by atoms with E-state index >= 15 is 0 Å².